The van der Waals surface area contributed by atoms with Gasteiger partial charge in [0.2, 0.25) is 0 Å². The number of anilines is 1. The summed E-state index contributed by atoms with van der Waals surface area (Å²) >= 11 is 0. The van der Waals surface area contributed by atoms with E-state index in [9.17, 15) is 9.59 Å². The zero-order valence-corrected chi connectivity index (χ0v) is 13.9. The molecule has 122 valence electrons. The molecule has 0 bridgehead atoms. The Morgan fingerprint density at radius 3 is 2.54 bits per heavy atom. The summed E-state index contributed by atoms with van der Waals surface area (Å²) in [5.74, 6) is 0.321. The molecule has 0 spiro atoms. The van der Waals surface area contributed by atoms with E-state index in [0.29, 0.717) is 17.0 Å². The van der Waals surface area contributed by atoms with Gasteiger partial charge in [0.25, 0.3) is 5.91 Å². The number of ketones is 1. The van der Waals surface area contributed by atoms with Crippen LogP contribution in [0.15, 0.2) is 54.6 Å². The molecule has 2 aromatic rings. The number of likely N-dealkylation sites (N-methyl/N-ethyl adjacent to an activating group) is 1. The molecule has 0 N–H and O–H groups in total. The Balaban J connectivity index is 1.88. The summed E-state index contributed by atoms with van der Waals surface area (Å²) in [6.07, 6.45) is 3.32. The standard InChI is InChI=1S/C20H19NO3/c1-20(2)19(23)21(3)16-11-10-15(13-18(16)24-20)17(22)12-9-14-7-5-4-6-8-14/h4-13H,1-3H3/b12-9+. The van der Waals surface area contributed by atoms with Crippen molar-refractivity contribution in [1.82, 2.24) is 0 Å². The fourth-order valence-electron chi connectivity index (χ4n) is 2.69. The molecule has 0 aromatic heterocycles. The van der Waals surface area contributed by atoms with Crippen molar-refractivity contribution < 1.29 is 14.3 Å². The fraction of sp³-hybridized carbons (Fsp3) is 0.200. The molecule has 2 aromatic carbocycles. The summed E-state index contributed by atoms with van der Waals surface area (Å²) < 4.78 is 5.79. The van der Waals surface area contributed by atoms with E-state index in [-0.39, 0.29) is 11.7 Å². The predicted molar refractivity (Wildman–Crippen MR) is 94.4 cm³/mol. The van der Waals surface area contributed by atoms with Gasteiger partial charge < -0.3 is 9.64 Å². The lowest BCUT2D eigenvalue weighted by Crippen LogP contribution is -2.50. The maximum Gasteiger partial charge on any atom is 0.270 e. The summed E-state index contributed by atoms with van der Waals surface area (Å²) in [6, 6.07) is 14.8. The van der Waals surface area contributed by atoms with Gasteiger partial charge in [-0.25, -0.2) is 0 Å². The Hall–Kier alpha value is -2.88. The van der Waals surface area contributed by atoms with Crippen molar-refractivity contribution >= 4 is 23.5 Å². The molecule has 1 aliphatic heterocycles. The van der Waals surface area contributed by atoms with Crippen LogP contribution in [0.4, 0.5) is 5.69 Å². The molecule has 1 heterocycles. The van der Waals surface area contributed by atoms with Crippen molar-refractivity contribution in [3.05, 3.63) is 65.7 Å². The van der Waals surface area contributed by atoms with Gasteiger partial charge in [-0.15, -0.1) is 0 Å². The first-order valence-electron chi connectivity index (χ1n) is 7.77. The molecule has 4 nitrogen and oxygen atoms in total. The molecule has 1 aliphatic rings. The average Bonchev–Trinajstić information content (AvgIpc) is 2.58. The van der Waals surface area contributed by atoms with Gasteiger partial charge in [0.05, 0.1) is 5.69 Å². The second-order valence-corrected chi connectivity index (χ2v) is 6.27. The highest BCUT2D eigenvalue weighted by molar-refractivity contribution is 6.08. The number of rotatable bonds is 3. The van der Waals surface area contributed by atoms with E-state index in [1.165, 1.54) is 0 Å². The molecule has 0 fully saturated rings. The highest BCUT2D eigenvalue weighted by Gasteiger charge is 2.39. The SMILES string of the molecule is CN1C(=O)C(C)(C)Oc2cc(C(=O)/C=C/c3ccccc3)ccc21. The van der Waals surface area contributed by atoms with Gasteiger partial charge >= 0.3 is 0 Å². The fourth-order valence-corrected chi connectivity index (χ4v) is 2.69. The maximum atomic E-state index is 12.4. The zero-order valence-electron chi connectivity index (χ0n) is 13.9. The molecule has 0 saturated heterocycles. The van der Waals surface area contributed by atoms with E-state index in [2.05, 4.69) is 0 Å². The van der Waals surface area contributed by atoms with Gasteiger partial charge in [0, 0.05) is 12.6 Å². The van der Waals surface area contributed by atoms with E-state index in [4.69, 9.17) is 4.74 Å². The van der Waals surface area contributed by atoms with E-state index in [1.807, 2.05) is 30.3 Å². The topological polar surface area (TPSA) is 46.6 Å². The van der Waals surface area contributed by atoms with Gasteiger partial charge in [0.15, 0.2) is 11.4 Å². The second-order valence-electron chi connectivity index (χ2n) is 6.27. The lowest BCUT2D eigenvalue weighted by atomic mass is 10.0. The third-order valence-corrected chi connectivity index (χ3v) is 4.02. The normalized spacial score (nSPS) is 16.0. The summed E-state index contributed by atoms with van der Waals surface area (Å²) in [4.78, 5) is 26.2. The van der Waals surface area contributed by atoms with Crippen LogP contribution in [0.5, 0.6) is 5.75 Å². The van der Waals surface area contributed by atoms with Crippen molar-refractivity contribution in [3.8, 4) is 5.75 Å². The van der Waals surface area contributed by atoms with Crippen molar-refractivity contribution in [2.24, 2.45) is 0 Å². The molecule has 4 heteroatoms. The summed E-state index contributed by atoms with van der Waals surface area (Å²) in [7, 11) is 1.71. The van der Waals surface area contributed by atoms with E-state index < -0.39 is 5.60 Å². The molecular formula is C20H19NO3. The van der Waals surface area contributed by atoms with Gasteiger partial charge in [0.1, 0.15) is 5.75 Å². The first-order chi connectivity index (χ1) is 11.4. The van der Waals surface area contributed by atoms with Crippen LogP contribution in [0, 0.1) is 0 Å². The van der Waals surface area contributed by atoms with Crippen molar-refractivity contribution in [2.45, 2.75) is 19.4 Å². The predicted octanol–water partition coefficient (Wildman–Crippen LogP) is 3.72. The van der Waals surface area contributed by atoms with Gasteiger partial charge in [-0.05, 0) is 43.7 Å². The van der Waals surface area contributed by atoms with Crippen LogP contribution in [0.25, 0.3) is 6.08 Å². The van der Waals surface area contributed by atoms with Crippen LogP contribution in [0.3, 0.4) is 0 Å². The first-order valence-corrected chi connectivity index (χ1v) is 7.77. The van der Waals surface area contributed by atoms with Gasteiger partial charge in [-0.2, -0.15) is 0 Å². The summed E-state index contributed by atoms with van der Waals surface area (Å²) in [6.45, 7) is 3.44. The molecule has 0 radical (unpaired) electrons. The molecule has 0 atom stereocenters. The average molecular weight is 321 g/mol. The van der Waals surface area contributed by atoms with Crippen LogP contribution in [0.1, 0.15) is 29.8 Å². The minimum absolute atomic E-state index is 0.109. The Labute approximate surface area is 141 Å². The van der Waals surface area contributed by atoms with Crippen LogP contribution >= 0.6 is 0 Å². The Bertz CT molecular complexity index is 822. The van der Waals surface area contributed by atoms with Crippen LogP contribution < -0.4 is 9.64 Å². The first kappa shape index (κ1) is 16.0. The number of ether oxygens (including phenoxy) is 1. The van der Waals surface area contributed by atoms with Crippen LogP contribution in [0.2, 0.25) is 0 Å². The summed E-state index contributed by atoms with van der Waals surface area (Å²) in [5.41, 5.74) is 1.22. The number of benzene rings is 2. The lowest BCUT2D eigenvalue weighted by Gasteiger charge is -2.36. The van der Waals surface area contributed by atoms with E-state index in [1.54, 1.807) is 56.1 Å². The number of carbonyl (C=O) groups excluding carboxylic acids is 2. The second kappa shape index (κ2) is 5.96. The van der Waals surface area contributed by atoms with E-state index >= 15 is 0 Å². The van der Waals surface area contributed by atoms with Crippen LogP contribution in [-0.4, -0.2) is 24.3 Å². The number of allylic oxidation sites excluding steroid dienone is 1. The highest BCUT2D eigenvalue weighted by Crippen LogP contribution is 2.37. The molecular weight excluding hydrogens is 302 g/mol. The maximum absolute atomic E-state index is 12.4. The smallest absolute Gasteiger partial charge is 0.270 e. The quantitative estimate of drug-likeness (QED) is 0.639. The zero-order chi connectivity index (χ0) is 17.3. The minimum Gasteiger partial charge on any atom is -0.476 e. The van der Waals surface area contributed by atoms with Crippen LogP contribution in [-0.2, 0) is 4.79 Å². The number of fused-ring (bicyclic) bond motifs is 1. The number of carbonyl (C=O) groups is 2. The molecule has 0 aliphatic carbocycles. The lowest BCUT2D eigenvalue weighted by molar-refractivity contribution is -0.132. The molecule has 24 heavy (non-hydrogen) atoms. The van der Waals surface area contributed by atoms with Crippen molar-refractivity contribution in [1.29, 1.82) is 0 Å². The minimum atomic E-state index is -0.941. The van der Waals surface area contributed by atoms with Crippen molar-refractivity contribution in [2.75, 3.05) is 11.9 Å². The van der Waals surface area contributed by atoms with Gasteiger partial charge in [-0.1, -0.05) is 36.4 Å². The number of amides is 1. The number of hydrogen-bond donors (Lipinski definition) is 0. The Morgan fingerprint density at radius 2 is 1.83 bits per heavy atom. The third kappa shape index (κ3) is 2.95. The molecule has 0 saturated carbocycles. The number of hydrogen-bond acceptors (Lipinski definition) is 3. The monoisotopic (exact) mass is 321 g/mol. The molecule has 0 unspecified atom stereocenters. The third-order valence-electron chi connectivity index (χ3n) is 4.02. The Morgan fingerprint density at radius 1 is 1.12 bits per heavy atom. The van der Waals surface area contributed by atoms with E-state index in [0.717, 1.165) is 5.56 Å². The molecule has 3 rings (SSSR count). The van der Waals surface area contributed by atoms with Gasteiger partial charge in [-0.3, -0.25) is 9.59 Å². The summed E-state index contributed by atoms with van der Waals surface area (Å²) in [5, 5.41) is 0. The van der Waals surface area contributed by atoms with Crippen molar-refractivity contribution in [3.63, 3.8) is 0 Å². The molecule has 1 amide bonds. The largest absolute Gasteiger partial charge is 0.476 e. The number of nitrogens with zero attached hydrogens (tertiary/aromatic N) is 1. The Kier molecular flexibility index (Phi) is 3.97. The highest BCUT2D eigenvalue weighted by atomic mass is 16.5.